The number of aromatic amines is 1. The first-order valence-corrected chi connectivity index (χ1v) is 9.49. The highest BCUT2D eigenvalue weighted by Gasteiger charge is 2.35. The van der Waals surface area contributed by atoms with Crippen LogP contribution in [0.2, 0.25) is 0 Å². The van der Waals surface area contributed by atoms with E-state index in [9.17, 15) is 14.7 Å². The minimum atomic E-state index is -0.500. The Morgan fingerprint density at radius 1 is 1.00 bits per heavy atom. The van der Waals surface area contributed by atoms with E-state index < -0.39 is 11.9 Å². The Labute approximate surface area is 163 Å². The van der Waals surface area contributed by atoms with Gasteiger partial charge in [0.1, 0.15) is 11.3 Å². The van der Waals surface area contributed by atoms with Gasteiger partial charge in [0.15, 0.2) is 5.78 Å². The number of carbonyl (C=O) groups excluding carboxylic acids is 2. The molecule has 1 aliphatic heterocycles. The van der Waals surface area contributed by atoms with E-state index in [0.29, 0.717) is 19.3 Å². The molecule has 0 radical (unpaired) electrons. The number of carbonyl (C=O) groups is 2. The van der Waals surface area contributed by atoms with Crippen LogP contribution >= 0.6 is 0 Å². The summed E-state index contributed by atoms with van der Waals surface area (Å²) in [5, 5.41) is 14.3. The minimum absolute atomic E-state index is 0.0853. The van der Waals surface area contributed by atoms with Gasteiger partial charge in [-0.2, -0.15) is 0 Å². The van der Waals surface area contributed by atoms with Crippen molar-refractivity contribution in [3.05, 3.63) is 83.3 Å². The van der Waals surface area contributed by atoms with E-state index in [1.54, 1.807) is 0 Å². The number of H-pyrrole nitrogens is 1. The molecule has 0 aliphatic carbocycles. The van der Waals surface area contributed by atoms with Crippen LogP contribution in [0.1, 0.15) is 24.0 Å². The topological polar surface area (TPSA) is 82.2 Å². The number of benzene rings is 2. The molecule has 3 N–H and O–H groups in total. The molecule has 28 heavy (non-hydrogen) atoms. The van der Waals surface area contributed by atoms with Gasteiger partial charge in [-0.3, -0.25) is 9.59 Å². The van der Waals surface area contributed by atoms with Crippen LogP contribution in [0.15, 0.2) is 72.1 Å². The van der Waals surface area contributed by atoms with Crippen molar-refractivity contribution in [2.45, 2.75) is 31.7 Å². The summed E-state index contributed by atoms with van der Waals surface area (Å²) in [5.74, 6) is -0.910. The third-order valence-corrected chi connectivity index (χ3v) is 5.26. The van der Waals surface area contributed by atoms with Crippen LogP contribution in [0, 0.1) is 0 Å². The summed E-state index contributed by atoms with van der Waals surface area (Å²) in [7, 11) is 0. The Morgan fingerprint density at radius 3 is 2.57 bits per heavy atom. The highest BCUT2D eigenvalue weighted by Crippen LogP contribution is 2.23. The number of hydrogen-bond acceptors (Lipinski definition) is 3. The van der Waals surface area contributed by atoms with Crippen LogP contribution in [-0.4, -0.2) is 27.8 Å². The molecule has 1 atom stereocenters. The molecule has 5 heteroatoms. The van der Waals surface area contributed by atoms with Crippen molar-refractivity contribution in [3.8, 4) is 0 Å². The van der Waals surface area contributed by atoms with Crippen LogP contribution in [0.25, 0.3) is 10.9 Å². The number of para-hydroxylation sites is 1. The summed E-state index contributed by atoms with van der Waals surface area (Å²) in [6.45, 7) is 0. The molecule has 3 aromatic rings. The second-order valence-electron chi connectivity index (χ2n) is 7.09. The van der Waals surface area contributed by atoms with E-state index in [2.05, 4.69) is 10.3 Å². The van der Waals surface area contributed by atoms with Crippen molar-refractivity contribution < 1.29 is 14.7 Å². The zero-order valence-electron chi connectivity index (χ0n) is 15.4. The Bertz CT molecular complexity index is 1050. The first-order chi connectivity index (χ1) is 13.6. The van der Waals surface area contributed by atoms with Crippen LogP contribution in [0.3, 0.4) is 0 Å². The fourth-order valence-electron chi connectivity index (χ4n) is 3.74. The summed E-state index contributed by atoms with van der Waals surface area (Å²) >= 11 is 0. The lowest BCUT2D eigenvalue weighted by molar-refractivity contribution is -0.122. The quantitative estimate of drug-likeness (QED) is 0.553. The van der Waals surface area contributed by atoms with Crippen LogP contribution in [-0.2, 0) is 22.4 Å². The van der Waals surface area contributed by atoms with Gasteiger partial charge in [0, 0.05) is 23.5 Å². The molecule has 0 spiro atoms. The van der Waals surface area contributed by atoms with Gasteiger partial charge in [-0.1, -0.05) is 48.5 Å². The predicted octanol–water partition coefficient (Wildman–Crippen LogP) is 3.61. The number of rotatable bonds is 7. The SMILES string of the molecule is O=C(CCc1c[nH]c2ccccc12)C1=C(O)C(CCc2ccccc2)NC1=O. The van der Waals surface area contributed by atoms with Crippen LogP contribution in [0.4, 0.5) is 0 Å². The molecular formula is C23H22N2O3. The minimum Gasteiger partial charge on any atom is -0.509 e. The van der Waals surface area contributed by atoms with E-state index in [0.717, 1.165) is 22.0 Å². The van der Waals surface area contributed by atoms with Crippen molar-refractivity contribution in [3.63, 3.8) is 0 Å². The van der Waals surface area contributed by atoms with Gasteiger partial charge in [0.05, 0.1) is 6.04 Å². The van der Waals surface area contributed by atoms with Gasteiger partial charge < -0.3 is 15.4 Å². The van der Waals surface area contributed by atoms with Gasteiger partial charge >= 0.3 is 0 Å². The number of nitrogens with one attached hydrogen (secondary N) is 2. The molecule has 2 aromatic carbocycles. The Hall–Kier alpha value is -3.34. The Kier molecular flexibility index (Phi) is 4.98. The fourth-order valence-corrected chi connectivity index (χ4v) is 3.74. The zero-order chi connectivity index (χ0) is 19.5. The van der Waals surface area contributed by atoms with E-state index >= 15 is 0 Å². The first kappa shape index (κ1) is 18.0. The molecule has 1 unspecified atom stereocenters. The lowest BCUT2D eigenvalue weighted by atomic mass is 10.00. The summed E-state index contributed by atoms with van der Waals surface area (Å²) in [4.78, 5) is 28.1. The van der Waals surface area contributed by atoms with E-state index in [-0.39, 0.29) is 23.5 Å². The van der Waals surface area contributed by atoms with Crippen molar-refractivity contribution in [2.75, 3.05) is 0 Å². The number of Topliss-reactive ketones (excluding diaryl/α,β-unsaturated/α-hetero) is 1. The van der Waals surface area contributed by atoms with Crippen LogP contribution in [0.5, 0.6) is 0 Å². The molecule has 0 bridgehead atoms. The normalized spacial score (nSPS) is 16.6. The Morgan fingerprint density at radius 2 is 1.75 bits per heavy atom. The standard InChI is InChI=1S/C23H22N2O3/c26-20(13-11-16-14-24-18-9-5-4-8-17(16)18)21-22(27)19(25-23(21)28)12-10-15-6-2-1-3-7-15/h1-9,14,19,24,27H,10-13H2,(H,25,28). The molecule has 0 saturated heterocycles. The number of aliphatic hydroxyl groups excluding tert-OH is 1. The average molecular weight is 374 g/mol. The molecule has 5 nitrogen and oxygen atoms in total. The molecule has 1 aromatic heterocycles. The van der Waals surface area contributed by atoms with E-state index in [1.165, 1.54) is 0 Å². The lowest BCUT2D eigenvalue weighted by Gasteiger charge is -2.10. The fraction of sp³-hybridized carbons (Fsp3) is 0.217. The highest BCUT2D eigenvalue weighted by atomic mass is 16.3. The van der Waals surface area contributed by atoms with Crippen molar-refractivity contribution in [1.82, 2.24) is 10.3 Å². The monoisotopic (exact) mass is 374 g/mol. The maximum Gasteiger partial charge on any atom is 0.259 e. The van der Waals surface area contributed by atoms with E-state index in [4.69, 9.17) is 0 Å². The predicted molar refractivity (Wildman–Crippen MR) is 108 cm³/mol. The number of aliphatic hydroxyl groups is 1. The van der Waals surface area contributed by atoms with Gasteiger partial charge in [-0.05, 0) is 36.5 Å². The number of ketones is 1. The number of aryl methyl sites for hydroxylation is 2. The van der Waals surface area contributed by atoms with Gasteiger partial charge in [0.25, 0.3) is 5.91 Å². The summed E-state index contributed by atoms with van der Waals surface area (Å²) in [6.07, 6.45) is 3.86. The van der Waals surface area contributed by atoms with Crippen molar-refractivity contribution >= 4 is 22.6 Å². The van der Waals surface area contributed by atoms with Gasteiger partial charge in [0.2, 0.25) is 0 Å². The second kappa shape index (κ2) is 7.72. The van der Waals surface area contributed by atoms with Crippen LogP contribution < -0.4 is 5.32 Å². The Balaban J connectivity index is 1.42. The molecule has 0 fully saturated rings. The molecular weight excluding hydrogens is 352 g/mol. The largest absolute Gasteiger partial charge is 0.509 e. The molecule has 1 aliphatic rings. The lowest BCUT2D eigenvalue weighted by Crippen LogP contribution is -2.30. The maximum absolute atomic E-state index is 12.6. The molecule has 142 valence electrons. The number of aromatic nitrogens is 1. The smallest absolute Gasteiger partial charge is 0.259 e. The first-order valence-electron chi connectivity index (χ1n) is 9.49. The molecule has 2 heterocycles. The third kappa shape index (κ3) is 3.56. The summed E-state index contributed by atoms with van der Waals surface area (Å²) in [5.41, 5.74) is 3.09. The highest BCUT2D eigenvalue weighted by molar-refractivity contribution is 6.21. The number of fused-ring (bicyclic) bond motifs is 1. The summed E-state index contributed by atoms with van der Waals surface area (Å²) < 4.78 is 0. The second-order valence-corrected chi connectivity index (χ2v) is 7.09. The number of amides is 1. The number of hydrogen-bond donors (Lipinski definition) is 3. The van der Waals surface area contributed by atoms with Crippen molar-refractivity contribution in [2.24, 2.45) is 0 Å². The molecule has 1 amide bonds. The summed E-state index contributed by atoms with van der Waals surface area (Å²) in [6, 6.07) is 17.3. The third-order valence-electron chi connectivity index (χ3n) is 5.26. The van der Waals surface area contributed by atoms with Gasteiger partial charge in [-0.15, -0.1) is 0 Å². The zero-order valence-corrected chi connectivity index (χ0v) is 15.4. The molecule has 4 rings (SSSR count). The maximum atomic E-state index is 12.6. The van der Waals surface area contributed by atoms with Gasteiger partial charge in [-0.25, -0.2) is 0 Å². The van der Waals surface area contributed by atoms with Crippen molar-refractivity contribution in [1.29, 1.82) is 0 Å². The molecule has 0 saturated carbocycles. The van der Waals surface area contributed by atoms with E-state index in [1.807, 2.05) is 60.8 Å². The average Bonchev–Trinajstić information content (AvgIpc) is 3.25.